The lowest BCUT2D eigenvalue weighted by molar-refractivity contribution is -0.129. The van der Waals surface area contributed by atoms with Crippen molar-refractivity contribution in [2.75, 3.05) is 5.32 Å². The van der Waals surface area contributed by atoms with Crippen LogP contribution in [0.4, 0.5) is 10.1 Å². The minimum absolute atomic E-state index is 0.0512. The molecule has 0 atom stereocenters. The first-order valence-corrected chi connectivity index (χ1v) is 9.25. The summed E-state index contributed by atoms with van der Waals surface area (Å²) in [7, 11) is 0. The molecule has 0 saturated heterocycles. The number of ether oxygens (including phenoxy) is 1. The molecule has 3 aromatic carbocycles. The number of nitrogens with one attached hydrogen (secondary N) is 1. The number of amides is 1. The highest BCUT2D eigenvalue weighted by Gasteiger charge is 2.25. The Morgan fingerprint density at radius 2 is 1.80 bits per heavy atom. The summed E-state index contributed by atoms with van der Waals surface area (Å²) in [6, 6.07) is 20.2. The maximum Gasteiger partial charge on any atom is 0.363 e. The van der Waals surface area contributed by atoms with Crippen molar-refractivity contribution in [3.63, 3.8) is 0 Å². The van der Waals surface area contributed by atoms with Crippen LogP contribution in [0.5, 0.6) is 0 Å². The van der Waals surface area contributed by atoms with Gasteiger partial charge in [0.05, 0.1) is 5.56 Å². The minimum Gasteiger partial charge on any atom is -0.402 e. The number of nitrogens with zero attached hydrogens (tertiary/aromatic N) is 1. The number of carbonyl (C=O) groups excluding carboxylic acids is 2. The molecule has 0 unspecified atom stereocenters. The molecule has 0 saturated carbocycles. The standard InChI is InChI=1S/C24H17FN2O3/c1-15-9-11-17(12-10-15)22(28)26-18-6-4-5-16(13-18)14-21-24(29)30-23(27-21)19-7-2-3-8-20(19)25/h2-14H,1H3,(H,26,28)/b21-14-. The molecule has 1 aliphatic rings. The first-order valence-electron chi connectivity index (χ1n) is 9.25. The van der Waals surface area contributed by atoms with Crippen molar-refractivity contribution >= 4 is 29.5 Å². The predicted octanol–water partition coefficient (Wildman–Crippen LogP) is 4.73. The third kappa shape index (κ3) is 4.17. The topological polar surface area (TPSA) is 67.8 Å². The van der Waals surface area contributed by atoms with Crippen molar-refractivity contribution in [3.8, 4) is 0 Å². The van der Waals surface area contributed by atoms with E-state index in [1.165, 1.54) is 18.2 Å². The molecule has 0 fully saturated rings. The summed E-state index contributed by atoms with van der Waals surface area (Å²) >= 11 is 0. The molecule has 4 rings (SSSR count). The smallest absolute Gasteiger partial charge is 0.363 e. The van der Waals surface area contributed by atoms with Gasteiger partial charge in [0.2, 0.25) is 5.90 Å². The van der Waals surface area contributed by atoms with Gasteiger partial charge in [-0.3, -0.25) is 4.79 Å². The Balaban J connectivity index is 1.56. The van der Waals surface area contributed by atoms with Crippen molar-refractivity contribution in [2.45, 2.75) is 6.92 Å². The number of rotatable bonds is 4. The van der Waals surface area contributed by atoms with Crippen LogP contribution in [0.25, 0.3) is 6.08 Å². The summed E-state index contributed by atoms with van der Waals surface area (Å²) in [6.45, 7) is 1.95. The first-order chi connectivity index (χ1) is 14.5. The minimum atomic E-state index is -0.664. The Morgan fingerprint density at radius 3 is 2.57 bits per heavy atom. The van der Waals surface area contributed by atoms with Crippen molar-refractivity contribution in [1.82, 2.24) is 0 Å². The van der Waals surface area contributed by atoms with Gasteiger partial charge in [-0.1, -0.05) is 42.0 Å². The molecule has 1 aliphatic heterocycles. The van der Waals surface area contributed by atoms with Gasteiger partial charge in [-0.25, -0.2) is 14.2 Å². The van der Waals surface area contributed by atoms with E-state index < -0.39 is 11.8 Å². The monoisotopic (exact) mass is 400 g/mol. The fraction of sp³-hybridized carbons (Fsp3) is 0.0417. The predicted molar refractivity (Wildman–Crippen MR) is 113 cm³/mol. The SMILES string of the molecule is Cc1ccc(C(=O)Nc2cccc(/C=C3\N=C(c4ccccc4F)OC3=O)c2)cc1. The molecule has 5 nitrogen and oxygen atoms in total. The number of benzene rings is 3. The molecule has 0 aliphatic carbocycles. The number of hydrogen-bond donors (Lipinski definition) is 1. The van der Waals surface area contributed by atoms with Crippen molar-refractivity contribution in [2.24, 2.45) is 4.99 Å². The van der Waals surface area contributed by atoms with E-state index in [0.717, 1.165) is 5.56 Å². The molecule has 0 bridgehead atoms. The normalized spacial score (nSPS) is 14.4. The summed E-state index contributed by atoms with van der Waals surface area (Å²) in [5, 5.41) is 2.83. The van der Waals surface area contributed by atoms with E-state index in [4.69, 9.17) is 4.74 Å². The molecule has 148 valence electrons. The number of anilines is 1. The molecule has 0 aromatic heterocycles. The fourth-order valence-electron chi connectivity index (χ4n) is 2.93. The third-order valence-corrected chi connectivity index (χ3v) is 4.49. The van der Waals surface area contributed by atoms with Gasteiger partial charge in [-0.15, -0.1) is 0 Å². The molecule has 6 heteroatoms. The highest BCUT2D eigenvalue weighted by molar-refractivity contribution is 6.13. The first kappa shape index (κ1) is 19.3. The third-order valence-electron chi connectivity index (χ3n) is 4.49. The van der Waals surface area contributed by atoms with Crippen molar-refractivity contribution in [3.05, 3.63) is 107 Å². The van der Waals surface area contributed by atoms with E-state index in [2.05, 4.69) is 10.3 Å². The molecule has 1 heterocycles. The van der Waals surface area contributed by atoms with Gasteiger partial charge in [0.25, 0.3) is 5.91 Å². The van der Waals surface area contributed by atoms with Gasteiger partial charge in [-0.2, -0.15) is 0 Å². The van der Waals surface area contributed by atoms with Crippen LogP contribution >= 0.6 is 0 Å². The van der Waals surface area contributed by atoms with Gasteiger partial charge >= 0.3 is 5.97 Å². The van der Waals surface area contributed by atoms with E-state index in [0.29, 0.717) is 16.8 Å². The van der Waals surface area contributed by atoms with E-state index in [1.54, 1.807) is 48.5 Å². The van der Waals surface area contributed by atoms with E-state index >= 15 is 0 Å². The number of hydrogen-bond acceptors (Lipinski definition) is 4. The quantitative estimate of drug-likeness (QED) is 0.509. The van der Waals surface area contributed by atoms with Crippen molar-refractivity contribution < 1.29 is 18.7 Å². The Bertz CT molecular complexity index is 1200. The van der Waals surface area contributed by atoms with Crippen LogP contribution < -0.4 is 5.32 Å². The molecule has 1 amide bonds. The Hall–Kier alpha value is -4.06. The number of halogens is 1. The molecule has 0 spiro atoms. The van der Waals surface area contributed by atoms with E-state index in [-0.39, 0.29) is 23.1 Å². The number of aliphatic imine (C=N–C) groups is 1. The van der Waals surface area contributed by atoms with Gasteiger partial charge in [0.15, 0.2) is 5.70 Å². The van der Waals surface area contributed by atoms with Gasteiger partial charge in [0, 0.05) is 11.3 Å². The lowest BCUT2D eigenvalue weighted by atomic mass is 10.1. The van der Waals surface area contributed by atoms with Crippen LogP contribution in [-0.4, -0.2) is 17.8 Å². The number of cyclic esters (lactones) is 1. The summed E-state index contributed by atoms with van der Waals surface area (Å²) in [6.07, 6.45) is 1.53. The Labute approximate surface area is 172 Å². The molecular weight excluding hydrogens is 383 g/mol. The highest BCUT2D eigenvalue weighted by Crippen LogP contribution is 2.22. The van der Waals surface area contributed by atoms with Crippen LogP contribution in [0.2, 0.25) is 0 Å². The largest absolute Gasteiger partial charge is 0.402 e. The second kappa shape index (κ2) is 8.13. The van der Waals surface area contributed by atoms with Crippen LogP contribution in [0.15, 0.2) is 83.5 Å². The fourth-order valence-corrected chi connectivity index (χ4v) is 2.93. The summed E-state index contributed by atoms with van der Waals surface area (Å²) in [5.74, 6) is -1.50. The van der Waals surface area contributed by atoms with Crippen LogP contribution in [0, 0.1) is 12.7 Å². The average molecular weight is 400 g/mol. The van der Waals surface area contributed by atoms with Crippen molar-refractivity contribution in [1.29, 1.82) is 0 Å². The van der Waals surface area contributed by atoms with Crippen LogP contribution in [-0.2, 0) is 9.53 Å². The molecule has 30 heavy (non-hydrogen) atoms. The lowest BCUT2D eigenvalue weighted by Gasteiger charge is -2.06. The van der Waals surface area contributed by atoms with E-state index in [1.807, 2.05) is 19.1 Å². The summed E-state index contributed by atoms with van der Waals surface area (Å²) < 4.78 is 19.0. The van der Waals surface area contributed by atoms with Gasteiger partial charge in [0.1, 0.15) is 5.82 Å². The molecular formula is C24H17FN2O3. The number of aryl methyl sites for hydroxylation is 1. The molecule has 0 radical (unpaired) electrons. The van der Waals surface area contributed by atoms with Gasteiger partial charge in [-0.05, 0) is 55.0 Å². The summed E-state index contributed by atoms with van der Waals surface area (Å²) in [4.78, 5) is 28.7. The number of carbonyl (C=O) groups is 2. The Kier molecular flexibility index (Phi) is 5.22. The average Bonchev–Trinajstić information content (AvgIpc) is 3.09. The van der Waals surface area contributed by atoms with Crippen LogP contribution in [0.3, 0.4) is 0 Å². The second-order valence-corrected chi connectivity index (χ2v) is 6.76. The molecule has 1 N–H and O–H groups in total. The zero-order valence-corrected chi connectivity index (χ0v) is 16.1. The van der Waals surface area contributed by atoms with Gasteiger partial charge < -0.3 is 10.1 Å². The summed E-state index contributed by atoms with van der Waals surface area (Å²) in [5.41, 5.74) is 2.99. The lowest BCUT2D eigenvalue weighted by Crippen LogP contribution is -2.11. The maximum absolute atomic E-state index is 13.9. The second-order valence-electron chi connectivity index (χ2n) is 6.76. The highest BCUT2D eigenvalue weighted by atomic mass is 19.1. The maximum atomic E-state index is 13.9. The Morgan fingerprint density at radius 1 is 1.03 bits per heavy atom. The van der Waals surface area contributed by atoms with E-state index in [9.17, 15) is 14.0 Å². The van der Waals surface area contributed by atoms with Crippen LogP contribution in [0.1, 0.15) is 27.0 Å². The zero-order valence-electron chi connectivity index (χ0n) is 16.1. The molecule has 3 aromatic rings. The zero-order chi connectivity index (χ0) is 21.1. The number of esters is 1.